The minimum absolute atomic E-state index is 0.0963. The molecule has 0 heterocycles. The van der Waals surface area contributed by atoms with Gasteiger partial charge in [0, 0.05) is 27.6 Å². The van der Waals surface area contributed by atoms with Gasteiger partial charge in [-0.25, -0.2) is 0 Å². The molecule has 0 aliphatic heterocycles. The van der Waals surface area contributed by atoms with Crippen LogP contribution in [-0.4, -0.2) is 29.3 Å². The number of benzene rings is 2. The highest BCUT2D eigenvalue weighted by molar-refractivity contribution is 9.10. The van der Waals surface area contributed by atoms with Crippen LogP contribution in [0.2, 0.25) is 10.0 Å². The van der Waals surface area contributed by atoms with Gasteiger partial charge in [-0.1, -0.05) is 70.7 Å². The van der Waals surface area contributed by atoms with Gasteiger partial charge in [-0.15, -0.1) is 0 Å². The summed E-state index contributed by atoms with van der Waals surface area (Å²) in [6.45, 7) is 4.75. The number of rotatable bonds is 9. The Morgan fingerprint density at radius 3 is 2.45 bits per heavy atom. The Balaban J connectivity index is 2.20. The van der Waals surface area contributed by atoms with E-state index in [1.54, 1.807) is 30.0 Å². The number of carbonyl (C=O) groups excluding carboxylic acids is 2. The Morgan fingerprint density at radius 2 is 1.83 bits per heavy atom. The molecule has 0 saturated carbocycles. The molecule has 2 amide bonds. The lowest BCUT2D eigenvalue weighted by molar-refractivity contribution is -0.140. The van der Waals surface area contributed by atoms with E-state index in [-0.39, 0.29) is 18.2 Å². The van der Waals surface area contributed by atoms with Crippen molar-refractivity contribution in [2.45, 2.75) is 45.7 Å². The molecule has 0 spiro atoms. The van der Waals surface area contributed by atoms with Crippen molar-refractivity contribution in [2.24, 2.45) is 0 Å². The second-order valence-corrected chi connectivity index (χ2v) is 8.64. The molecule has 2 rings (SSSR count). The molecule has 0 unspecified atom stereocenters. The Labute approximate surface area is 190 Å². The fourth-order valence-electron chi connectivity index (χ4n) is 2.83. The Hall–Kier alpha value is -1.56. The lowest BCUT2D eigenvalue weighted by atomic mass is 10.1. The van der Waals surface area contributed by atoms with Crippen LogP contribution in [0.15, 0.2) is 46.9 Å². The van der Waals surface area contributed by atoms with Crippen LogP contribution in [0.3, 0.4) is 0 Å². The molecule has 1 N–H and O–H groups in total. The third-order valence-corrected chi connectivity index (χ3v) is 5.74. The largest absolute Gasteiger partial charge is 0.354 e. The first kappa shape index (κ1) is 23.7. The lowest BCUT2D eigenvalue weighted by Crippen LogP contribution is -2.48. The minimum atomic E-state index is -0.603. The monoisotopic (exact) mass is 498 g/mol. The first-order chi connectivity index (χ1) is 13.8. The summed E-state index contributed by atoms with van der Waals surface area (Å²) in [6.07, 6.45) is 1.99. The van der Waals surface area contributed by atoms with E-state index in [0.717, 1.165) is 22.9 Å². The summed E-state index contributed by atoms with van der Waals surface area (Å²) < 4.78 is 0.956. The van der Waals surface area contributed by atoms with E-state index in [9.17, 15) is 9.59 Å². The number of hydrogen-bond donors (Lipinski definition) is 1. The fourth-order valence-corrected chi connectivity index (χ4v) is 3.57. The molecule has 0 aliphatic carbocycles. The summed E-state index contributed by atoms with van der Waals surface area (Å²) in [5.41, 5.74) is 1.62. The van der Waals surface area contributed by atoms with E-state index >= 15 is 0 Å². The summed E-state index contributed by atoms with van der Waals surface area (Å²) in [5.74, 6) is -0.332. The average Bonchev–Trinajstić information content (AvgIpc) is 2.69. The van der Waals surface area contributed by atoms with E-state index in [1.807, 2.05) is 24.3 Å². The Morgan fingerprint density at radius 1 is 1.14 bits per heavy atom. The van der Waals surface area contributed by atoms with Crippen LogP contribution in [0.4, 0.5) is 0 Å². The van der Waals surface area contributed by atoms with Crippen LogP contribution in [-0.2, 0) is 22.6 Å². The van der Waals surface area contributed by atoms with Crippen molar-refractivity contribution in [1.82, 2.24) is 10.2 Å². The standard InChI is InChI=1S/C22H25BrCl2N2O2/c1-3-4-11-26-22(29)15(2)27(14-16-5-8-18(23)9-6-16)21(28)12-17-7-10-19(24)13-20(17)25/h5-10,13,15H,3-4,11-12,14H2,1-2H3,(H,26,29)/t15-/m0/s1. The highest BCUT2D eigenvalue weighted by Gasteiger charge is 2.26. The number of halogens is 3. The summed E-state index contributed by atoms with van der Waals surface area (Å²) in [6, 6.07) is 12.2. The minimum Gasteiger partial charge on any atom is -0.354 e. The zero-order valence-corrected chi connectivity index (χ0v) is 19.6. The van der Waals surface area contributed by atoms with Crippen molar-refractivity contribution in [3.63, 3.8) is 0 Å². The van der Waals surface area contributed by atoms with E-state index in [2.05, 4.69) is 28.2 Å². The molecule has 0 fully saturated rings. The molecule has 7 heteroatoms. The molecule has 4 nitrogen and oxygen atoms in total. The molecular formula is C22H25BrCl2N2O2. The third-order valence-electron chi connectivity index (χ3n) is 4.62. The van der Waals surface area contributed by atoms with Gasteiger partial charge in [0.1, 0.15) is 6.04 Å². The zero-order chi connectivity index (χ0) is 21.4. The quantitative estimate of drug-likeness (QED) is 0.454. The number of nitrogens with zero attached hydrogens (tertiary/aromatic N) is 1. The summed E-state index contributed by atoms with van der Waals surface area (Å²) in [4.78, 5) is 27.4. The maximum atomic E-state index is 13.1. The SMILES string of the molecule is CCCCNC(=O)[C@H](C)N(Cc1ccc(Br)cc1)C(=O)Cc1ccc(Cl)cc1Cl. The molecule has 1 atom stereocenters. The van der Waals surface area contributed by atoms with Crippen molar-refractivity contribution in [1.29, 1.82) is 0 Å². The van der Waals surface area contributed by atoms with Gasteiger partial charge in [-0.2, -0.15) is 0 Å². The average molecular weight is 500 g/mol. The molecule has 2 aromatic rings. The first-order valence-corrected chi connectivity index (χ1v) is 11.1. The topological polar surface area (TPSA) is 49.4 Å². The first-order valence-electron chi connectivity index (χ1n) is 9.57. The van der Waals surface area contributed by atoms with Gasteiger partial charge in [0.05, 0.1) is 6.42 Å². The van der Waals surface area contributed by atoms with Gasteiger partial charge in [0.25, 0.3) is 0 Å². The summed E-state index contributed by atoms with van der Waals surface area (Å²) >= 11 is 15.6. The number of nitrogens with one attached hydrogen (secondary N) is 1. The second kappa shape index (κ2) is 11.6. The van der Waals surface area contributed by atoms with Crippen LogP contribution in [0.25, 0.3) is 0 Å². The van der Waals surface area contributed by atoms with Gasteiger partial charge in [-0.05, 0) is 48.7 Å². The number of amides is 2. The highest BCUT2D eigenvalue weighted by Crippen LogP contribution is 2.23. The normalized spacial score (nSPS) is 11.8. The molecule has 0 aromatic heterocycles. The molecule has 2 aromatic carbocycles. The van der Waals surface area contributed by atoms with Crippen LogP contribution in [0.1, 0.15) is 37.8 Å². The van der Waals surface area contributed by atoms with Crippen LogP contribution in [0, 0.1) is 0 Å². The number of unbranched alkanes of at least 4 members (excludes halogenated alkanes) is 1. The van der Waals surface area contributed by atoms with Crippen LogP contribution >= 0.6 is 39.1 Å². The molecule has 29 heavy (non-hydrogen) atoms. The van der Waals surface area contributed by atoms with E-state index in [0.29, 0.717) is 28.7 Å². The molecule has 156 valence electrons. The Kier molecular flexibility index (Phi) is 9.47. The smallest absolute Gasteiger partial charge is 0.242 e. The predicted octanol–water partition coefficient (Wildman–Crippen LogP) is 5.63. The van der Waals surface area contributed by atoms with Crippen LogP contribution in [0.5, 0.6) is 0 Å². The molecule has 0 aliphatic rings. The van der Waals surface area contributed by atoms with Gasteiger partial charge < -0.3 is 10.2 Å². The van der Waals surface area contributed by atoms with Gasteiger partial charge in [-0.3, -0.25) is 9.59 Å². The second-order valence-electron chi connectivity index (χ2n) is 6.88. The van der Waals surface area contributed by atoms with Crippen LogP contribution < -0.4 is 5.32 Å². The third kappa shape index (κ3) is 7.32. The van der Waals surface area contributed by atoms with Crippen molar-refractivity contribution < 1.29 is 9.59 Å². The van der Waals surface area contributed by atoms with E-state index in [1.165, 1.54) is 0 Å². The molecule has 0 saturated heterocycles. The van der Waals surface area contributed by atoms with E-state index in [4.69, 9.17) is 23.2 Å². The summed E-state index contributed by atoms with van der Waals surface area (Å²) in [7, 11) is 0. The maximum absolute atomic E-state index is 13.1. The van der Waals surface area contributed by atoms with Crippen molar-refractivity contribution in [2.75, 3.05) is 6.54 Å². The van der Waals surface area contributed by atoms with Crippen molar-refractivity contribution in [3.05, 3.63) is 68.1 Å². The van der Waals surface area contributed by atoms with Crippen molar-refractivity contribution in [3.8, 4) is 0 Å². The highest BCUT2D eigenvalue weighted by atomic mass is 79.9. The maximum Gasteiger partial charge on any atom is 0.242 e. The molecular weight excluding hydrogens is 475 g/mol. The number of carbonyl (C=O) groups is 2. The molecule has 0 bridgehead atoms. The lowest BCUT2D eigenvalue weighted by Gasteiger charge is -2.29. The molecule has 0 radical (unpaired) electrons. The van der Waals surface area contributed by atoms with Gasteiger partial charge >= 0.3 is 0 Å². The van der Waals surface area contributed by atoms with Crippen molar-refractivity contribution >= 4 is 50.9 Å². The zero-order valence-electron chi connectivity index (χ0n) is 16.6. The predicted molar refractivity (Wildman–Crippen MR) is 122 cm³/mol. The Bertz CT molecular complexity index is 843. The van der Waals surface area contributed by atoms with Gasteiger partial charge in [0.2, 0.25) is 11.8 Å². The number of hydrogen-bond acceptors (Lipinski definition) is 2. The van der Waals surface area contributed by atoms with E-state index < -0.39 is 6.04 Å². The van der Waals surface area contributed by atoms with Gasteiger partial charge in [0.15, 0.2) is 0 Å². The summed E-state index contributed by atoms with van der Waals surface area (Å²) in [5, 5.41) is 3.87. The fraction of sp³-hybridized carbons (Fsp3) is 0.364.